The van der Waals surface area contributed by atoms with E-state index in [2.05, 4.69) is 36.1 Å². The number of carbonyl (C=O) groups is 1. The van der Waals surface area contributed by atoms with Crippen molar-refractivity contribution in [2.24, 2.45) is 0 Å². The van der Waals surface area contributed by atoms with Crippen molar-refractivity contribution in [2.45, 2.75) is 13.8 Å². The lowest BCUT2D eigenvalue weighted by Crippen LogP contribution is -2.49. The number of hydrogen-bond acceptors (Lipinski definition) is 3. The number of benzene rings is 1. The van der Waals surface area contributed by atoms with Gasteiger partial charge in [0, 0.05) is 31.9 Å². The quantitative estimate of drug-likeness (QED) is 0.805. The molecule has 0 aliphatic carbocycles. The van der Waals surface area contributed by atoms with Crippen LogP contribution in [0, 0.1) is 6.92 Å². The van der Waals surface area contributed by atoms with Gasteiger partial charge in [0.1, 0.15) is 0 Å². The number of hydrogen-bond donors (Lipinski definition) is 0. The van der Waals surface area contributed by atoms with Crippen molar-refractivity contribution in [3.05, 3.63) is 29.8 Å². The summed E-state index contributed by atoms with van der Waals surface area (Å²) in [4.78, 5) is 15.6. The van der Waals surface area contributed by atoms with Crippen LogP contribution >= 0.6 is 0 Å². The SMILES string of the molecule is CCOC(=O)N1CCN(c2ccc(C)cc2)CC1. The normalized spacial score (nSPS) is 15.7. The van der Waals surface area contributed by atoms with Gasteiger partial charge in [-0.1, -0.05) is 17.7 Å². The van der Waals surface area contributed by atoms with E-state index in [0.29, 0.717) is 6.61 Å². The lowest BCUT2D eigenvalue weighted by atomic mass is 10.2. The van der Waals surface area contributed by atoms with Crippen LogP contribution < -0.4 is 4.90 Å². The smallest absolute Gasteiger partial charge is 0.409 e. The zero-order valence-electron chi connectivity index (χ0n) is 11.1. The molecule has 1 amide bonds. The summed E-state index contributed by atoms with van der Waals surface area (Å²) in [6, 6.07) is 8.50. The van der Waals surface area contributed by atoms with Crippen LogP contribution in [-0.4, -0.2) is 43.8 Å². The van der Waals surface area contributed by atoms with E-state index >= 15 is 0 Å². The molecule has 0 atom stereocenters. The number of carbonyl (C=O) groups excluding carboxylic acids is 1. The standard InChI is InChI=1S/C14H20N2O2/c1-3-18-14(17)16-10-8-15(9-11-16)13-6-4-12(2)5-7-13/h4-7H,3,8-11H2,1-2H3. The molecule has 0 radical (unpaired) electrons. The van der Waals surface area contributed by atoms with Crippen molar-refractivity contribution in [1.29, 1.82) is 0 Å². The maximum absolute atomic E-state index is 11.6. The van der Waals surface area contributed by atoms with E-state index in [1.54, 1.807) is 4.90 Å². The number of aryl methyl sites for hydroxylation is 1. The van der Waals surface area contributed by atoms with Gasteiger partial charge in [0.25, 0.3) is 0 Å². The highest BCUT2D eigenvalue weighted by molar-refractivity contribution is 5.68. The Morgan fingerprint density at radius 3 is 2.33 bits per heavy atom. The molecule has 98 valence electrons. The fourth-order valence-corrected chi connectivity index (χ4v) is 2.12. The lowest BCUT2D eigenvalue weighted by Gasteiger charge is -2.35. The second kappa shape index (κ2) is 5.76. The van der Waals surface area contributed by atoms with Crippen LogP contribution in [0.3, 0.4) is 0 Å². The van der Waals surface area contributed by atoms with Crippen molar-refractivity contribution in [1.82, 2.24) is 4.90 Å². The summed E-state index contributed by atoms with van der Waals surface area (Å²) in [5, 5.41) is 0. The molecule has 0 bridgehead atoms. The number of piperazine rings is 1. The molecular weight excluding hydrogens is 228 g/mol. The number of ether oxygens (including phenoxy) is 1. The fraction of sp³-hybridized carbons (Fsp3) is 0.500. The van der Waals surface area contributed by atoms with E-state index in [-0.39, 0.29) is 6.09 Å². The van der Waals surface area contributed by atoms with Crippen molar-refractivity contribution >= 4 is 11.8 Å². The molecule has 18 heavy (non-hydrogen) atoms. The van der Waals surface area contributed by atoms with Crippen LogP contribution in [0.1, 0.15) is 12.5 Å². The minimum Gasteiger partial charge on any atom is -0.450 e. The van der Waals surface area contributed by atoms with Crippen LogP contribution in [0.2, 0.25) is 0 Å². The van der Waals surface area contributed by atoms with E-state index in [4.69, 9.17) is 4.74 Å². The minimum absolute atomic E-state index is 0.193. The molecular formula is C14H20N2O2. The molecule has 1 fully saturated rings. The molecule has 0 unspecified atom stereocenters. The van der Waals surface area contributed by atoms with Gasteiger partial charge >= 0.3 is 6.09 Å². The van der Waals surface area contributed by atoms with E-state index in [9.17, 15) is 4.79 Å². The van der Waals surface area contributed by atoms with Gasteiger partial charge in [-0.3, -0.25) is 0 Å². The maximum atomic E-state index is 11.6. The second-order valence-electron chi connectivity index (χ2n) is 4.51. The molecule has 0 N–H and O–H groups in total. The molecule has 1 aromatic rings. The van der Waals surface area contributed by atoms with Crippen LogP contribution in [0.5, 0.6) is 0 Å². The third-order valence-electron chi connectivity index (χ3n) is 3.20. The van der Waals surface area contributed by atoms with Crippen molar-refractivity contribution in [2.75, 3.05) is 37.7 Å². The summed E-state index contributed by atoms with van der Waals surface area (Å²) in [7, 11) is 0. The van der Waals surface area contributed by atoms with Crippen molar-refractivity contribution < 1.29 is 9.53 Å². The van der Waals surface area contributed by atoms with Gasteiger partial charge in [-0.05, 0) is 26.0 Å². The first-order valence-electron chi connectivity index (χ1n) is 6.44. The van der Waals surface area contributed by atoms with Crippen LogP contribution in [-0.2, 0) is 4.74 Å². The Morgan fingerprint density at radius 1 is 1.17 bits per heavy atom. The highest BCUT2D eigenvalue weighted by atomic mass is 16.6. The average Bonchev–Trinajstić information content (AvgIpc) is 2.40. The predicted molar refractivity (Wildman–Crippen MR) is 72.0 cm³/mol. The zero-order chi connectivity index (χ0) is 13.0. The highest BCUT2D eigenvalue weighted by Gasteiger charge is 2.21. The average molecular weight is 248 g/mol. The minimum atomic E-state index is -0.193. The van der Waals surface area contributed by atoms with Crippen LogP contribution in [0.25, 0.3) is 0 Å². The number of amides is 1. The third kappa shape index (κ3) is 2.94. The Bertz CT molecular complexity index is 395. The first-order valence-corrected chi connectivity index (χ1v) is 6.44. The van der Waals surface area contributed by atoms with E-state index in [0.717, 1.165) is 26.2 Å². The number of nitrogens with zero attached hydrogens (tertiary/aromatic N) is 2. The zero-order valence-corrected chi connectivity index (χ0v) is 11.1. The van der Waals surface area contributed by atoms with Crippen LogP contribution in [0.15, 0.2) is 24.3 Å². The highest BCUT2D eigenvalue weighted by Crippen LogP contribution is 2.17. The van der Waals surface area contributed by atoms with Gasteiger partial charge in [0.15, 0.2) is 0 Å². The summed E-state index contributed by atoms with van der Waals surface area (Å²) in [6.07, 6.45) is -0.193. The van der Waals surface area contributed by atoms with E-state index < -0.39 is 0 Å². The molecule has 1 saturated heterocycles. The Labute approximate surface area is 108 Å². The van der Waals surface area contributed by atoms with Crippen molar-refractivity contribution in [3.63, 3.8) is 0 Å². The van der Waals surface area contributed by atoms with Gasteiger partial charge in [0.05, 0.1) is 6.61 Å². The van der Waals surface area contributed by atoms with Crippen molar-refractivity contribution in [3.8, 4) is 0 Å². The second-order valence-corrected chi connectivity index (χ2v) is 4.51. The maximum Gasteiger partial charge on any atom is 0.409 e. The molecule has 1 aliphatic heterocycles. The Kier molecular flexibility index (Phi) is 4.07. The number of anilines is 1. The molecule has 0 spiro atoms. The van der Waals surface area contributed by atoms with Crippen LogP contribution in [0.4, 0.5) is 10.5 Å². The first-order chi connectivity index (χ1) is 8.70. The molecule has 4 nitrogen and oxygen atoms in total. The fourth-order valence-electron chi connectivity index (χ4n) is 2.12. The van der Waals surface area contributed by atoms with Gasteiger partial charge in [-0.2, -0.15) is 0 Å². The molecule has 1 heterocycles. The molecule has 0 saturated carbocycles. The first kappa shape index (κ1) is 12.7. The van der Waals surface area contributed by atoms with Gasteiger partial charge in [0.2, 0.25) is 0 Å². The molecule has 1 aliphatic rings. The number of rotatable bonds is 2. The molecule has 2 rings (SSSR count). The lowest BCUT2D eigenvalue weighted by molar-refractivity contribution is 0.105. The summed E-state index contributed by atoms with van der Waals surface area (Å²) >= 11 is 0. The predicted octanol–water partition coefficient (Wildman–Crippen LogP) is 2.27. The van der Waals surface area contributed by atoms with Gasteiger partial charge in [-0.25, -0.2) is 4.79 Å². The molecule has 0 aromatic heterocycles. The largest absolute Gasteiger partial charge is 0.450 e. The van der Waals surface area contributed by atoms with E-state index in [1.807, 2.05) is 6.92 Å². The summed E-state index contributed by atoms with van der Waals surface area (Å²) in [5.74, 6) is 0. The third-order valence-corrected chi connectivity index (χ3v) is 3.20. The van der Waals surface area contributed by atoms with E-state index in [1.165, 1.54) is 11.3 Å². The summed E-state index contributed by atoms with van der Waals surface area (Å²) in [5.41, 5.74) is 2.49. The molecule has 1 aromatic carbocycles. The Morgan fingerprint density at radius 2 is 1.78 bits per heavy atom. The summed E-state index contributed by atoms with van der Waals surface area (Å²) in [6.45, 7) is 7.54. The molecule has 4 heteroatoms. The van der Waals surface area contributed by atoms with Gasteiger partial charge in [-0.15, -0.1) is 0 Å². The topological polar surface area (TPSA) is 32.8 Å². The summed E-state index contributed by atoms with van der Waals surface area (Å²) < 4.78 is 5.01. The van der Waals surface area contributed by atoms with Gasteiger partial charge < -0.3 is 14.5 Å². The Hall–Kier alpha value is -1.71. The monoisotopic (exact) mass is 248 g/mol. The Balaban J connectivity index is 1.90.